The second-order valence-electron chi connectivity index (χ2n) is 10.2. The molecule has 1 aliphatic rings. The molecule has 1 aliphatic heterocycles. The molecule has 7 aromatic rings. The highest BCUT2D eigenvalue weighted by molar-refractivity contribution is 6.07. The number of rotatable bonds is 4. The Morgan fingerprint density at radius 1 is 0.525 bits per heavy atom. The molecule has 6 aromatic carbocycles. The van der Waals surface area contributed by atoms with Crippen LogP contribution in [0.1, 0.15) is 11.7 Å². The summed E-state index contributed by atoms with van der Waals surface area (Å²) >= 11 is 0. The molecule has 1 unspecified atom stereocenters. The standard InChI is InChI=1S/C37H26N2O/c1-3-10-25(11-4-1)27-18-21-29(22-19-27)39-34-17-8-7-16-33(34)38-37(39)32-15-9-14-31-30-23-20-28(24-35(30)40-36(31)32)26-12-5-2-6-13-26/h1-24,37-38H. The van der Waals surface area contributed by atoms with E-state index in [0.717, 1.165) is 50.1 Å². The number of nitrogens with zero attached hydrogens (tertiary/aromatic N) is 1. The quantitative estimate of drug-likeness (QED) is 0.253. The largest absolute Gasteiger partial charge is 0.456 e. The first-order chi connectivity index (χ1) is 19.8. The van der Waals surface area contributed by atoms with Crippen molar-refractivity contribution in [3.05, 3.63) is 151 Å². The van der Waals surface area contributed by atoms with Crippen molar-refractivity contribution in [2.75, 3.05) is 10.2 Å². The summed E-state index contributed by atoms with van der Waals surface area (Å²) in [5.74, 6) is 0. The second kappa shape index (κ2) is 9.18. The maximum Gasteiger partial charge on any atom is 0.142 e. The van der Waals surface area contributed by atoms with Crippen LogP contribution in [0, 0.1) is 0 Å². The van der Waals surface area contributed by atoms with Gasteiger partial charge < -0.3 is 14.6 Å². The number of nitrogens with one attached hydrogen (secondary N) is 1. The minimum absolute atomic E-state index is 0.113. The fourth-order valence-corrected chi connectivity index (χ4v) is 5.95. The highest BCUT2D eigenvalue weighted by Gasteiger charge is 2.33. The summed E-state index contributed by atoms with van der Waals surface area (Å²) in [6, 6.07) is 51.3. The van der Waals surface area contributed by atoms with Gasteiger partial charge in [0.05, 0.1) is 11.4 Å². The molecule has 2 heterocycles. The van der Waals surface area contributed by atoms with Gasteiger partial charge in [0.2, 0.25) is 0 Å². The summed E-state index contributed by atoms with van der Waals surface area (Å²) in [5, 5.41) is 6.04. The Bertz CT molecular complexity index is 1980. The van der Waals surface area contributed by atoms with Crippen LogP contribution in [0.25, 0.3) is 44.2 Å². The van der Waals surface area contributed by atoms with Gasteiger partial charge in [0.25, 0.3) is 0 Å². The molecule has 0 saturated heterocycles. The smallest absolute Gasteiger partial charge is 0.142 e. The lowest BCUT2D eigenvalue weighted by molar-refractivity contribution is 0.656. The molecule has 0 amide bonds. The van der Waals surface area contributed by atoms with E-state index < -0.39 is 0 Å². The van der Waals surface area contributed by atoms with Gasteiger partial charge >= 0.3 is 0 Å². The third-order valence-corrected chi connectivity index (χ3v) is 7.90. The van der Waals surface area contributed by atoms with Crippen LogP contribution in [0.2, 0.25) is 0 Å². The number of anilines is 3. The Morgan fingerprint density at radius 2 is 1.18 bits per heavy atom. The zero-order valence-corrected chi connectivity index (χ0v) is 21.8. The predicted molar refractivity (Wildman–Crippen MR) is 166 cm³/mol. The highest BCUT2D eigenvalue weighted by atomic mass is 16.3. The molecule has 40 heavy (non-hydrogen) atoms. The lowest BCUT2D eigenvalue weighted by Gasteiger charge is -2.27. The lowest BCUT2D eigenvalue weighted by Crippen LogP contribution is -2.23. The van der Waals surface area contributed by atoms with Gasteiger partial charge in [-0.1, -0.05) is 109 Å². The Balaban J connectivity index is 1.25. The molecule has 190 valence electrons. The van der Waals surface area contributed by atoms with Gasteiger partial charge in [0.15, 0.2) is 0 Å². The van der Waals surface area contributed by atoms with Crippen molar-refractivity contribution < 1.29 is 4.42 Å². The van der Waals surface area contributed by atoms with Crippen LogP contribution in [-0.2, 0) is 0 Å². The van der Waals surface area contributed by atoms with E-state index in [-0.39, 0.29) is 6.17 Å². The zero-order chi connectivity index (χ0) is 26.5. The Kier molecular flexibility index (Phi) is 5.20. The average Bonchev–Trinajstić information content (AvgIpc) is 3.60. The van der Waals surface area contributed by atoms with Gasteiger partial charge in [-0.05, 0) is 58.7 Å². The van der Waals surface area contributed by atoms with E-state index in [1.54, 1.807) is 0 Å². The van der Waals surface area contributed by atoms with Crippen LogP contribution in [0.4, 0.5) is 17.1 Å². The summed E-state index contributed by atoms with van der Waals surface area (Å²) in [5.41, 5.74) is 11.1. The van der Waals surface area contributed by atoms with Gasteiger partial charge in [-0.25, -0.2) is 0 Å². The summed E-state index contributed by atoms with van der Waals surface area (Å²) in [4.78, 5) is 2.38. The maximum atomic E-state index is 6.65. The topological polar surface area (TPSA) is 28.4 Å². The van der Waals surface area contributed by atoms with Crippen LogP contribution < -0.4 is 10.2 Å². The summed E-state index contributed by atoms with van der Waals surface area (Å²) in [6.45, 7) is 0. The van der Waals surface area contributed by atoms with Crippen molar-refractivity contribution >= 4 is 39.0 Å². The van der Waals surface area contributed by atoms with Gasteiger partial charge in [0, 0.05) is 22.0 Å². The van der Waals surface area contributed by atoms with Crippen LogP contribution >= 0.6 is 0 Å². The number of benzene rings is 6. The van der Waals surface area contributed by atoms with Crippen molar-refractivity contribution in [3.63, 3.8) is 0 Å². The van der Waals surface area contributed by atoms with Crippen molar-refractivity contribution in [2.45, 2.75) is 6.17 Å². The maximum absolute atomic E-state index is 6.65. The van der Waals surface area contributed by atoms with Crippen LogP contribution in [0.3, 0.4) is 0 Å². The van der Waals surface area contributed by atoms with Crippen molar-refractivity contribution in [2.24, 2.45) is 0 Å². The van der Waals surface area contributed by atoms with E-state index in [1.807, 2.05) is 6.07 Å². The first-order valence-electron chi connectivity index (χ1n) is 13.6. The molecular formula is C37H26N2O. The summed E-state index contributed by atoms with van der Waals surface area (Å²) in [6.07, 6.45) is -0.113. The minimum Gasteiger partial charge on any atom is -0.456 e. The van der Waals surface area contributed by atoms with Crippen molar-refractivity contribution in [1.29, 1.82) is 0 Å². The van der Waals surface area contributed by atoms with E-state index in [0.29, 0.717) is 0 Å². The molecule has 0 fully saturated rings. The number of para-hydroxylation sites is 3. The first kappa shape index (κ1) is 22.7. The summed E-state index contributed by atoms with van der Waals surface area (Å²) in [7, 11) is 0. The third kappa shape index (κ3) is 3.67. The monoisotopic (exact) mass is 514 g/mol. The molecule has 1 aromatic heterocycles. The summed E-state index contributed by atoms with van der Waals surface area (Å²) < 4.78 is 6.65. The molecule has 0 aliphatic carbocycles. The van der Waals surface area contributed by atoms with Crippen molar-refractivity contribution in [3.8, 4) is 22.3 Å². The van der Waals surface area contributed by atoms with Crippen LogP contribution in [0.5, 0.6) is 0 Å². The number of fused-ring (bicyclic) bond motifs is 4. The van der Waals surface area contributed by atoms with E-state index >= 15 is 0 Å². The fraction of sp³-hybridized carbons (Fsp3) is 0.0270. The Labute approximate surface area is 232 Å². The van der Waals surface area contributed by atoms with Crippen LogP contribution in [0.15, 0.2) is 150 Å². The van der Waals surface area contributed by atoms with Gasteiger partial charge in [-0.3, -0.25) is 0 Å². The molecular weight excluding hydrogens is 488 g/mol. The van der Waals surface area contributed by atoms with Crippen LogP contribution in [-0.4, -0.2) is 0 Å². The number of hydrogen-bond acceptors (Lipinski definition) is 3. The predicted octanol–water partition coefficient (Wildman–Crippen LogP) is 10.2. The normalized spacial score (nSPS) is 14.4. The lowest BCUT2D eigenvalue weighted by atomic mass is 10.0. The van der Waals surface area contributed by atoms with E-state index in [2.05, 4.69) is 150 Å². The average molecular weight is 515 g/mol. The van der Waals surface area contributed by atoms with E-state index in [1.165, 1.54) is 16.7 Å². The second-order valence-corrected chi connectivity index (χ2v) is 10.2. The number of furan rings is 1. The zero-order valence-electron chi connectivity index (χ0n) is 21.8. The molecule has 1 N–H and O–H groups in total. The minimum atomic E-state index is -0.113. The van der Waals surface area contributed by atoms with Crippen molar-refractivity contribution in [1.82, 2.24) is 0 Å². The molecule has 3 nitrogen and oxygen atoms in total. The fourth-order valence-electron chi connectivity index (χ4n) is 5.95. The third-order valence-electron chi connectivity index (χ3n) is 7.90. The van der Waals surface area contributed by atoms with Gasteiger partial charge in [-0.2, -0.15) is 0 Å². The first-order valence-corrected chi connectivity index (χ1v) is 13.6. The molecule has 0 spiro atoms. The molecule has 0 radical (unpaired) electrons. The molecule has 8 rings (SSSR count). The Morgan fingerprint density at radius 3 is 1.95 bits per heavy atom. The SMILES string of the molecule is c1ccc(-c2ccc(N3c4ccccc4NC3c3cccc4c3oc3cc(-c5ccccc5)ccc34)cc2)cc1. The van der Waals surface area contributed by atoms with E-state index in [4.69, 9.17) is 4.42 Å². The molecule has 1 atom stereocenters. The number of hydrogen-bond donors (Lipinski definition) is 1. The van der Waals surface area contributed by atoms with Gasteiger partial charge in [0.1, 0.15) is 17.3 Å². The highest BCUT2D eigenvalue weighted by Crippen LogP contribution is 2.48. The molecule has 0 saturated carbocycles. The molecule has 3 heteroatoms. The van der Waals surface area contributed by atoms with E-state index in [9.17, 15) is 0 Å². The molecule has 0 bridgehead atoms. The Hall–Kier alpha value is -5.28. The van der Waals surface area contributed by atoms with Gasteiger partial charge in [-0.15, -0.1) is 0 Å².